The van der Waals surface area contributed by atoms with Crippen LogP contribution >= 0.6 is 22.9 Å². The number of hydrogen-bond acceptors (Lipinski definition) is 4. The van der Waals surface area contributed by atoms with Gasteiger partial charge in [-0.25, -0.2) is 0 Å². The van der Waals surface area contributed by atoms with Crippen LogP contribution in [0, 0.1) is 5.92 Å². The van der Waals surface area contributed by atoms with Gasteiger partial charge in [-0.1, -0.05) is 18.5 Å². The smallest absolute Gasteiger partial charge is 0.0931 e. The fraction of sp³-hybridized carbons (Fsp3) is 0.750. The van der Waals surface area contributed by atoms with Crippen molar-refractivity contribution < 1.29 is 0 Å². The number of halogens is 1. The average Bonchev–Trinajstić information content (AvgIpc) is 3.21. The summed E-state index contributed by atoms with van der Waals surface area (Å²) in [6.45, 7) is 8.10. The molecule has 2 heterocycles. The zero-order valence-corrected chi connectivity index (χ0v) is 14.4. The molecule has 1 saturated heterocycles. The zero-order chi connectivity index (χ0) is 14.8. The van der Waals surface area contributed by atoms with E-state index in [4.69, 9.17) is 17.3 Å². The molecule has 3 nitrogen and oxygen atoms in total. The van der Waals surface area contributed by atoms with Gasteiger partial charge in [0.2, 0.25) is 0 Å². The van der Waals surface area contributed by atoms with Crippen molar-refractivity contribution in [2.75, 3.05) is 32.7 Å². The molecule has 0 bridgehead atoms. The van der Waals surface area contributed by atoms with Gasteiger partial charge in [0.15, 0.2) is 0 Å². The number of piperazine rings is 1. The van der Waals surface area contributed by atoms with Crippen molar-refractivity contribution >= 4 is 22.9 Å². The molecule has 2 fully saturated rings. The third-order valence-corrected chi connectivity index (χ3v) is 6.08. The van der Waals surface area contributed by atoms with E-state index < -0.39 is 0 Å². The Morgan fingerprint density at radius 2 is 2.00 bits per heavy atom. The number of rotatable bonds is 6. The van der Waals surface area contributed by atoms with E-state index in [0.29, 0.717) is 6.04 Å². The van der Waals surface area contributed by atoms with Gasteiger partial charge in [0, 0.05) is 43.6 Å². The zero-order valence-electron chi connectivity index (χ0n) is 12.8. The molecule has 3 rings (SSSR count). The van der Waals surface area contributed by atoms with E-state index in [1.807, 2.05) is 6.07 Å². The molecule has 2 N–H and O–H groups in total. The standard InChI is InChI=1S/C16H26ClN3S/c1-2-13(18)16(14-5-6-15(17)21-14)20-9-7-19(8-10-20)11-12-3-4-12/h5-6,12-13,16H,2-4,7-11,18H2,1H3. The van der Waals surface area contributed by atoms with Crippen LogP contribution in [0.1, 0.15) is 37.1 Å². The molecule has 2 aliphatic rings. The fourth-order valence-electron chi connectivity index (χ4n) is 3.26. The third kappa shape index (κ3) is 3.99. The predicted molar refractivity (Wildman–Crippen MR) is 91.1 cm³/mol. The van der Waals surface area contributed by atoms with Gasteiger partial charge < -0.3 is 10.6 Å². The molecule has 2 unspecified atom stereocenters. The first kappa shape index (κ1) is 15.8. The summed E-state index contributed by atoms with van der Waals surface area (Å²) < 4.78 is 0.866. The molecule has 0 spiro atoms. The summed E-state index contributed by atoms with van der Waals surface area (Å²) >= 11 is 7.81. The molecule has 2 atom stereocenters. The molecule has 0 aromatic carbocycles. The molecule has 0 amide bonds. The molecule has 118 valence electrons. The summed E-state index contributed by atoms with van der Waals surface area (Å²) in [4.78, 5) is 6.52. The van der Waals surface area contributed by atoms with Gasteiger partial charge in [0.25, 0.3) is 0 Å². The third-order valence-electron chi connectivity index (χ3n) is 4.78. The molecule has 5 heteroatoms. The molecule has 1 saturated carbocycles. The minimum atomic E-state index is 0.190. The van der Waals surface area contributed by atoms with Crippen molar-refractivity contribution in [1.29, 1.82) is 0 Å². The Hall–Kier alpha value is -0.130. The quantitative estimate of drug-likeness (QED) is 0.870. The van der Waals surface area contributed by atoms with Crippen LogP contribution in [0.3, 0.4) is 0 Å². The van der Waals surface area contributed by atoms with Gasteiger partial charge >= 0.3 is 0 Å². The number of hydrogen-bond donors (Lipinski definition) is 1. The van der Waals surface area contributed by atoms with Gasteiger partial charge in [-0.2, -0.15) is 0 Å². The number of nitrogens with two attached hydrogens (primary N) is 1. The first-order valence-electron chi connectivity index (χ1n) is 8.14. The topological polar surface area (TPSA) is 32.5 Å². The lowest BCUT2D eigenvalue weighted by Crippen LogP contribution is -2.51. The Morgan fingerprint density at radius 1 is 1.29 bits per heavy atom. The Bertz CT molecular complexity index is 452. The van der Waals surface area contributed by atoms with Crippen LogP contribution in [-0.2, 0) is 0 Å². The van der Waals surface area contributed by atoms with Gasteiger partial charge in [0.05, 0.1) is 10.4 Å². The van der Waals surface area contributed by atoms with Crippen LogP contribution in [0.5, 0.6) is 0 Å². The van der Waals surface area contributed by atoms with E-state index in [9.17, 15) is 0 Å². The molecule has 21 heavy (non-hydrogen) atoms. The van der Waals surface area contributed by atoms with Crippen LogP contribution in [0.15, 0.2) is 12.1 Å². The van der Waals surface area contributed by atoms with Crippen molar-refractivity contribution in [3.8, 4) is 0 Å². The highest BCUT2D eigenvalue weighted by atomic mass is 35.5. The van der Waals surface area contributed by atoms with Gasteiger partial charge in [-0.3, -0.25) is 4.90 Å². The van der Waals surface area contributed by atoms with Gasteiger partial charge in [-0.05, 0) is 37.3 Å². The minimum absolute atomic E-state index is 0.190. The van der Waals surface area contributed by atoms with E-state index in [-0.39, 0.29) is 6.04 Å². The van der Waals surface area contributed by atoms with E-state index in [1.54, 1.807) is 11.3 Å². The van der Waals surface area contributed by atoms with Crippen LogP contribution in [-0.4, -0.2) is 48.6 Å². The van der Waals surface area contributed by atoms with Crippen molar-refractivity contribution in [3.05, 3.63) is 21.3 Å². The maximum atomic E-state index is 6.42. The summed E-state index contributed by atoms with van der Waals surface area (Å²) in [6, 6.07) is 4.68. The van der Waals surface area contributed by atoms with Crippen LogP contribution in [0.4, 0.5) is 0 Å². The summed E-state index contributed by atoms with van der Waals surface area (Å²) in [6.07, 6.45) is 3.89. The Labute approximate surface area is 137 Å². The lowest BCUT2D eigenvalue weighted by Gasteiger charge is -2.41. The van der Waals surface area contributed by atoms with Gasteiger partial charge in [0.1, 0.15) is 0 Å². The van der Waals surface area contributed by atoms with Crippen LogP contribution in [0.25, 0.3) is 0 Å². The van der Waals surface area contributed by atoms with E-state index >= 15 is 0 Å². The maximum Gasteiger partial charge on any atom is 0.0931 e. The molecule has 0 radical (unpaired) electrons. The predicted octanol–water partition coefficient (Wildman–Crippen LogP) is 3.21. The summed E-state index contributed by atoms with van der Waals surface area (Å²) in [5, 5.41) is 0. The normalized spacial score (nSPS) is 24.1. The largest absolute Gasteiger partial charge is 0.326 e. The highest BCUT2D eigenvalue weighted by Gasteiger charge is 2.31. The van der Waals surface area contributed by atoms with Crippen molar-refractivity contribution in [2.24, 2.45) is 11.7 Å². The second-order valence-electron chi connectivity index (χ2n) is 6.44. The number of thiophene rings is 1. The Balaban J connectivity index is 1.63. The Kier molecular flexibility index (Phi) is 5.23. The molecule has 1 aliphatic carbocycles. The lowest BCUT2D eigenvalue weighted by molar-refractivity contribution is 0.0826. The number of nitrogens with zero attached hydrogens (tertiary/aromatic N) is 2. The molecule has 1 aromatic rings. The molecule has 1 aliphatic heterocycles. The molecule has 1 aromatic heterocycles. The van der Waals surface area contributed by atoms with Crippen molar-refractivity contribution in [3.63, 3.8) is 0 Å². The monoisotopic (exact) mass is 327 g/mol. The van der Waals surface area contributed by atoms with E-state index in [0.717, 1.165) is 29.8 Å². The van der Waals surface area contributed by atoms with Crippen molar-refractivity contribution in [2.45, 2.75) is 38.3 Å². The summed E-state index contributed by atoms with van der Waals surface area (Å²) in [5.41, 5.74) is 6.42. The minimum Gasteiger partial charge on any atom is -0.326 e. The molecular formula is C16H26ClN3S. The second-order valence-corrected chi connectivity index (χ2v) is 8.19. The SMILES string of the molecule is CCC(N)C(c1ccc(Cl)s1)N1CCN(CC2CC2)CC1. The summed E-state index contributed by atoms with van der Waals surface area (Å²) in [5.74, 6) is 0.987. The average molecular weight is 328 g/mol. The van der Waals surface area contributed by atoms with E-state index in [2.05, 4.69) is 22.8 Å². The Morgan fingerprint density at radius 3 is 2.52 bits per heavy atom. The van der Waals surface area contributed by atoms with Crippen LogP contribution < -0.4 is 5.73 Å². The molecular weight excluding hydrogens is 302 g/mol. The fourth-order valence-corrected chi connectivity index (χ4v) is 4.53. The van der Waals surface area contributed by atoms with Crippen LogP contribution in [0.2, 0.25) is 4.34 Å². The maximum absolute atomic E-state index is 6.42. The summed E-state index contributed by atoms with van der Waals surface area (Å²) in [7, 11) is 0. The van der Waals surface area contributed by atoms with Gasteiger partial charge in [-0.15, -0.1) is 11.3 Å². The highest BCUT2D eigenvalue weighted by Crippen LogP contribution is 2.34. The lowest BCUT2D eigenvalue weighted by atomic mass is 10.0. The van der Waals surface area contributed by atoms with E-state index in [1.165, 1.54) is 37.4 Å². The highest BCUT2D eigenvalue weighted by molar-refractivity contribution is 7.16. The first-order chi connectivity index (χ1) is 10.2. The van der Waals surface area contributed by atoms with Crippen molar-refractivity contribution in [1.82, 2.24) is 9.80 Å². The first-order valence-corrected chi connectivity index (χ1v) is 9.34. The second kappa shape index (κ2) is 6.97.